The molecule has 4 aromatic carbocycles. The molecule has 0 amide bonds. The highest BCUT2D eigenvalue weighted by Crippen LogP contribution is 2.51. The Balaban J connectivity index is 1.23. The van der Waals surface area contributed by atoms with Gasteiger partial charge in [0, 0.05) is 16.7 Å². The Morgan fingerprint density at radius 2 is 1.43 bits per heavy atom. The van der Waals surface area contributed by atoms with E-state index in [2.05, 4.69) is 4.90 Å². The van der Waals surface area contributed by atoms with Crippen molar-refractivity contribution in [2.75, 3.05) is 19.6 Å². The first-order chi connectivity index (χ1) is 20.6. The van der Waals surface area contributed by atoms with Gasteiger partial charge in [0.1, 0.15) is 0 Å². The number of fused-ring (bicyclic) bond motifs is 3. The van der Waals surface area contributed by atoms with Crippen LogP contribution >= 0.6 is 0 Å². The average molecular weight is 560 g/mol. The molecule has 6 nitrogen and oxygen atoms in total. The van der Waals surface area contributed by atoms with Crippen LogP contribution in [0.5, 0.6) is 17.2 Å². The SMILES string of the molecule is O=c1c(O)c(-c2ccc(CCCN3CCCCC3)cc2)oc2c3c(ccc12)OC(c1ccccc1)(c1ccccc1)O3. The highest BCUT2D eigenvalue weighted by molar-refractivity contribution is 5.89. The van der Waals surface area contributed by atoms with Gasteiger partial charge in [0.15, 0.2) is 17.1 Å². The predicted octanol–water partition coefficient (Wildman–Crippen LogP) is 7.26. The lowest BCUT2D eigenvalue weighted by Gasteiger charge is -2.28. The van der Waals surface area contributed by atoms with Gasteiger partial charge in [-0.05, 0) is 63.0 Å². The van der Waals surface area contributed by atoms with Gasteiger partial charge in [-0.3, -0.25) is 4.79 Å². The van der Waals surface area contributed by atoms with E-state index in [0.717, 1.165) is 30.5 Å². The number of ether oxygens (including phenoxy) is 2. The molecule has 212 valence electrons. The molecular weight excluding hydrogens is 526 g/mol. The van der Waals surface area contributed by atoms with Gasteiger partial charge >= 0.3 is 5.79 Å². The lowest BCUT2D eigenvalue weighted by atomic mass is 9.97. The summed E-state index contributed by atoms with van der Waals surface area (Å²) in [7, 11) is 0. The minimum absolute atomic E-state index is 0.112. The van der Waals surface area contributed by atoms with E-state index >= 15 is 0 Å². The van der Waals surface area contributed by atoms with Crippen LogP contribution in [0.25, 0.3) is 22.3 Å². The molecule has 6 heteroatoms. The van der Waals surface area contributed by atoms with Crippen molar-refractivity contribution in [3.05, 3.63) is 124 Å². The quantitative estimate of drug-likeness (QED) is 0.226. The fourth-order valence-corrected chi connectivity index (χ4v) is 6.13. The molecule has 2 aliphatic heterocycles. The molecule has 0 unspecified atom stereocenters. The van der Waals surface area contributed by atoms with Crippen LogP contribution in [0, 0.1) is 0 Å². The van der Waals surface area contributed by atoms with Gasteiger partial charge < -0.3 is 23.9 Å². The molecule has 1 saturated heterocycles. The maximum atomic E-state index is 13.4. The molecule has 0 aliphatic carbocycles. The van der Waals surface area contributed by atoms with E-state index in [4.69, 9.17) is 13.9 Å². The summed E-state index contributed by atoms with van der Waals surface area (Å²) in [5.41, 5.74) is 3.17. The van der Waals surface area contributed by atoms with Crippen LogP contribution in [-0.4, -0.2) is 29.6 Å². The first-order valence-corrected chi connectivity index (χ1v) is 14.8. The average Bonchev–Trinajstić information content (AvgIpc) is 3.46. The maximum absolute atomic E-state index is 13.4. The summed E-state index contributed by atoms with van der Waals surface area (Å²) in [6, 6.07) is 30.6. The molecule has 0 bridgehead atoms. The lowest BCUT2D eigenvalue weighted by molar-refractivity contribution is -0.0456. The Morgan fingerprint density at radius 3 is 2.10 bits per heavy atom. The molecule has 0 radical (unpaired) electrons. The van der Waals surface area contributed by atoms with Gasteiger partial charge in [0.05, 0.1) is 5.39 Å². The molecule has 0 atom stereocenters. The minimum atomic E-state index is -1.26. The van der Waals surface area contributed by atoms with Crippen molar-refractivity contribution in [1.29, 1.82) is 0 Å². The topological polar surface area (TPSA) is 72.1 Å². The first kappa shape index (κ1) is 26.4. The van der Waals surface area contributed by atoms with Gasteiger partial charge in [-0.2, -0.15) is 0 Å². The standard InChI is InChI=1S/C36H33NO5/c38-31-29-20-21-30-35(42-36(41-30,27-12-4-1-5-13-27)28-14-6-2-7-15-28)34(29)40-33(32(31)39)26-18-16-25(17-19-26)11-10-24-37-22-8-3-9-23-37/h1-2,4-7,12-21,39H,3,8-11,22-24H2. The number of aromatic hydroxyl groups is 1. The number of hydrogen-bond donors (Lipinski definition) is 1. The molecule has 0 spiro atoms. The lowest BCUT2D eigenvalue weighted by Crippen LogP contribution is -2.36. The van der Waals surface area contributed by atoms with Gasteiger partial charge in [-0.15, -0.1) is 0 Å². The van der Waals surface area contributed by atoms with Crippen LogP contribution in [0.1, 0.15) is 42.4 Å². The molecule has 42 heavy (non-hydrogen) atoms. The van der Waals surface area contributed by atoms with Crippen LogP contribution in [-0.2, 0) is 12.2 Å². The van der Waals surface area contributed by atoms with Crippen LogP contribution in [0.15, 0.2) is 106 Å². The number of nitrogens with zero attached hydrogens (tertiary/aromatic N) is 1. The van der Waals surface area contributed by atoms with Gasteiger partial charge in [-0.1, -0.05) is 91.3 Å². The number of likely N-dealkylation sites (tertiary alicyclic amines) is 1. The molecule has 5 aromatic rings. The Labute approximate surface area is 244 Å². The third kappa shape index (κ3) is 4.72. The van der Waals surface area contributed by atoms with Gasteiger partial charge in [0.25, 0.3) is 0 Å². The van der Waals surface area contributed by atoms with Crippen molar-refractivity contribution in [3.8, 4) is 28.6 Å². The number of aryl methyl sites for hydroxylation is 1. The summed E-state index contributed by atoms with van der Waals surface area (Å²) in [5, 5.41) is 11.2. The Kier molecular flexibility index (Phi) is 6.92. The Bertz CT molecular complexity index is 1720. The molecule has 3 heterocycles. The zero-order valence-electron chi connectivity index (χ0n) is 23.4. The zero-order valence-corrected chi connectivity index (χ0v) is 23.4. The second-order valence-electron chi connectivity index (χ2n) is 11.1. The molecule has 1 N–H and O–H groups in total. The van der Waals surface area contributed by atoms with Crippen molar-refractivity contribution >= 4 is 11.0 Å². The van der Waals surface area contributed by atoms with Crippen molar-refractivity contribution in [2.24, 2.45) is 0 Å². The minimum Gasteiger partial charge on any atom is -0.502 e. The van der Waals surface area contributed by atoms with E-state index in [1.807, 2.05) is 84.9 Å². The zero-order chi connectivity index (χ0) is 28.5. The first-order valence-electron chi connectivity index (χ1n) is 14.8. The van der Waals surface area contributed by atoms with E-state index < -0.39 is 17.0 Å². The smallest absolute Gasteiger partial charge is 0.305 e. The molecule has 7 rings (SSSR count). The molecule has 1 fully saturated rings. The number of benzene rings is 4. The van der Waals surface area contributed by atoms with Crippen molar-refractivity contribution < 1.29 is 19.0 Å². The summed E-state index contributed by atoms with van der Waals surface area (Å²) in [4.78, 5) is 15.9. The molecule has 1 aromatic heterocycles. The fourth-order valence-electron chi connectivity index (χ4n) is 6.13. The highest BCUT2D eigenvalue weighted by Gasteiger charge is 2.46. The summed E-state index contributed by atoms with van der Waals surface area (Å²) < 4.78 is 19.5. The number of hydrogen-bond acceptors (Lipinski definition) is 6. The van der Waals surface area contributed by atoms with Crippen molar-refractivity contribution in [1.82, 2.24) is 4.90 Å². The normalized spacial score (nSPS) is 16.1. The largest absolute Gasteiger partial charge is 0.502 e. The Morgan fingerprint density at radius 1 is 0.762 bits per heavy atom. The van der Waals surface area contributed by atoms with Crippen molar-refractivity contribution in [3.63, 3.8) is 0 Å². The summed E-state index contributed by atoms with van der Waals surface area (Å²) in [6.45, 7) is 3.52. The maximum Gasteiger partial charge on any atom is 0.305 e. The monoisotopic (exact) mass is 559 g/mol. The van der Waals surface area contributed by atoms with Crippen LogP contribution in [0.2, 0.25) is 0 Å². The molecule has 0 saturated carbocycles. The number of rotatable bonds is 7. The van der Waals surface area contributed by atoms with E-state index in [-0.39, 0.29) is 16.7 Å². The van der Waals surface area contributed by atoms with Crippen LogP contribution < -0.4 is 14.9 Å². The summed E-state index contributed by atoms with van der Waals surface area (Å²) >= 11 is 0. The van der Waals surface area contributed by atoms with E-state index in [1.54, 1.807) is 12.1 Å². The predicted molar refractivity (Wildman–Crippen MR) is 163 cm³/mol. The van der Waals surface area contributed by atoms with Crippen LogP contribution in [0.3, 0.4) is 0 Å². The number of piperidine rings is 1. The van der Waals surface area contributed by atoms with Crippen LogP contribution in [0.4, 0.5) is 0 Å². The van der Waals surface area contributed by atoms with Crippen molar-refractivity contribution in [2.45, 2.75) is 37.9 Å². The molecular formula is C36H33NO5. The van der Waals surface area contributed by atoms with Gasteiger partial charge in [-0.25, -0.2) is 0 Å². The Hall–Kier alpha value is -4.55. The van der Waals surface area contributed by atoms with E-state index in [9.17, 15) is 9.90 Å². The third-order valence-electron chi connectivity index (χ3n) is 8.37. The van der Waals surface area contributed by atoms with E-state index in [1.165, 1.54) is 37.9 Å². The third-order valence-corrected chi connectivity index (χ3v) is 8.37. The second-order valence-corrected chi connectivity index (χ2v) is 11.1. The van der Waals surface area contributed by atoms with E-state index in [0.29, 0.717) is 17.1 Å². The molecule has 2 aliphatic rings. The summed E-state index contributed by atoms with van der Waals surface area (Å²) in [5.74, 6) is -0.782. The van der Waals surface area contributed by atoms with Gasteiger partial charge in [0.2, 0.25) is 16.9 Å². The summed E-state index contributed by atoms with van der Waals surface area (Å²) in [6.07, 6.45) is 6.02. The fraction of sp³-hybridized carbons (Fsp3) is 0.250. The second kappa shape index (κ2) is 11.0. The highest BCUT2D eigenvalue weighted by atomic mass is 16.7.